The topological polar surface area (TPSA) is 113 Å². The largest absolute Gasteiger partial charge is 0.465 e. The van der Waals surface area contributed by atoms with Crippen molar-refractivity contribution in [2.45, 2.75) is 6.42 Å². The average molecular weight is 311 g/mol. The fraction of sp³-hybridized carbons (Fsp3) is 0.0667. The van der Waals surface area contributed by atoms with E-state index in [9.17, 15) is 9.59 Å². The summed E-state index contributed by atoms with van der Waals surface area (Å²) in [6.45, 7) is 0. The first-order valence-corrected chi connectivity index (χ1v) is 6.79. The third-order valence-electron chi connectivity index (χ3n) is 3.18. The second-order valence-electron chi connectivity index (χ2n) is 4.84. The van der Waals surface area contributed by atoms with Crippen molar-refractivity contribution < 1.29 is 9.90 Å². The van der Waals surface area contributed by atoms with Crippen molar-refractivity contribution in [1.82, 2.24) is 20.0 Å². The minimum atomic E-state index is -1.14. The zero-order valence-corrected chi connectivity index (χ0v) is 11.9. The molecule has 8 nitrogen and oxygen atoms in total. The zero-order chi connectivity index (χ0) is 16.2. The maximum atomic E-state index is 12.0. The molecule has 2 heterocycles. The van der Waals surface area contributed by atoms with Crippen LogP contribution in [0.2, 0.25) is 0 Å². The summed E-state index contributed by atoms with van der Waals surface area (Å²) in [5.74, 6) is 0. The highest BCUT2D eigenvalue weighted by Gasteiger charge is 2.07. The second-order valence-corrected chi connectivity index (χ2v) is 4.84. The first-order chi connectivity index (χ1) is 11.1. The molecular weight excluding hydrogens is 298 g/mol. The summed E-state index contributed by atoms with van der Waals surface area (Å²) >= 11 is 0. The second kappa shape index (κ2) is 6.14. The Bertz CT molecular complexity index is 886. The molecule has 0 saturated heterocycles. The van der Waals surface area contributed by atoms with E-state index in [4.69, 9.17) is 5.11 Å². The molecule has 1 amide bonds. The fourth-order valence-electron chi connectivity index (χ4n) is 2.16. The predicted molar refractivity (Wildman–Crippen MR) is 82.9 cm³/mol. The number of aromatic amines is 1. The van der Waals surface area contributed by atoms with Crippen molar-refractivity contribution in [3.8, 4) is 5.69 Å². The average Bonchev–Trinajstić information content (AvgIpc) is 3.03. The smallest absolute Gasteiger partial charge is 0.409 e. The van der Waals surface area contributed by atoms with Gasteiger partial charge in [-0.05, 0) is 17.7 Å². The van der Waals surface area contributed by atoms with Gasteiger partial charge in [0.1, 0.15) is 11.4 Å². The van der Waals surface area contributed by atoms with Gasteiger partial charge in [-0.2, -0.15) is 10.2 Å². The molecule has 0 atom stereocenters. The van der Waals surface area contributed by atoms with E-state index < -0.39 is 6.09 Å². The van der Waals surface area contributed by atoms with Crippen molar-refractivity contribution in [1.29, 1.82) is 0 Å². The van der Waals surface area contributed by atoms with Gasteiger partial charge in [0.25, 0.3) is 0 Å². The minimum Gasteiger partial charge on any atom is -0.465 e. The Labute approximate surface area is 130 Å². The molecule has 1 aromatic carbocycles. The standard InChI is InChI=1S/C15H13N5O3/c21-14-4-5-20(12-8-16-17-9-12)19-13(14)7-10-2-1-3-11(6-10)18-15(22)23/h1-6,8-9,18H,7H2,(H,16,17)(H,22,23). The maximum absolute atomic E-state index is 12.0. The lowest BCUT2D eigenvalue weighted by molar-refractivity contribution is 0.210. The number of nitrogens with zero attached hydrogens (tertiary/aromatic N) is 3. The van der Waals surface area contributed by atoms with Crippen LogP contribution in [0, 0.1) is 0 Å². The molecule has 23 heavy (non-hydrogen) atoms. The summed E-state index contributed by atoms with van der Waals surface area (Å²) in [7, 11) is 0. The summed E-state index contributed by atoms with van der Waals surface area (Å²) in [5.41, 5.74) is 2.13. The number of H-pyrrole nitrogens is 1. The van der Waals surface area contributed by atoms with Crippen LogP contribution in [0.15, 0.2) is 53.7 Å². The maximum Gasteiger partial charge on any atom is 0.409 e. The molecule has 0 aliphatic carbocycles. The van der Waals surface area contributed by atoms with Crippen molar-refractivity contribution in [3.63, 3.8) is 0 Å². The van der Waals surface area contributed by atoms with E-state index in [0.717, 1.165) is 5.56 Å². The van der Waals surface area contributed by atoms with Crippen LogP contribution in [0.3, 0.4) is 0 Å². The molecule has 8 heteroatoms. The number of carbonyl (C=O) groups is 1. The first-order valence-electron chi connectivity index (χ1n) is 6.79. The van der Waals surface area contributed by atoms with E-state index in [2.05, 4.69) is 20.6 Å². The number of anilines is 1. The highest BCUT2D eigenvalue weighted by molar-refractivity contribution is 5.82. The van der Waals surface area contributed by atoms with Gasteiger partial charge < -0.3 is 5.11 Å². The molecule has 116 valence electrons. The number of hydrogen-bond acceptors (Lipinski definition) is 4. The van der Waals surface area contributed by atoms with Crippen molar-refractivity contribution in [3.05, 3.63) is 70.4 Å². The lowest BCUT2D eigenvalue weighted by Crippen LogP contribution is -2.16. The van der Waals surface area contributed by atoms with Crippen LogP contribution in [0.25, 0.3) is 5.69 Å². The van der Waals surface area contributed by atoms with Gasteiger partial charge in [0.15, 0.2) is 0 Å². The Balaban J connectivity index is 1.89. The summed E-state index contributed by atoms with van der Waals surface area (Å²) in [6, 6.07) is 8.28. The Hall–Kier alpha value is -3.42. The number of carboxylic acid groups (broad SMARTS) is 1. The first kappa shape index (κ1) is 14.5. The van der Waals surface area contributed by atoms with Crippen LogP contribution in [0.1, 0.15) is 11.3 Å². The number of rotatable bonds is 4. The van der Waals surface area contributed by atoms with Gasteiger partial charge in [-0.1, -0.05) is 12.1 Å². The third kappa shape index (κ3) is 3.43. The number of benzene rings is 1. The molecule has 0 radical (unpaired) electrons. The number of nitrogens with one attached hydrogen (secondary N) is 2. The zero-order valence-electron chi connectivity index (χ0n) is 11.9. The summed E-state index contributed by atoms with van der Waals surface area (Å²) in [6.07, 6.45) is 3.99. The van der Waals surface area contributed by atoms with E-state index in [1.54, 1.807) is 41.5 Å². The van der Waals surface area contributed by atoms with E-state index in [1.165, 1.54) is 6.07 Å². The quantitative estimate of drug-likeness (QED) is 0.678. The minimum absolute atomic E-state index is 0.179. The summed E-state index contributed by atoms with van der Waals surface area (Å²) in [5, 5.41) is 21.9. The normalized spacial score (nSPS) is 10.4. The lowest BCUT2D eigenvalue weighted by Gasteiger charge is -2.07. The molecule has 3 N–H and O–H groups in total. The number of hydrogen-bond donors (Lipinski definition) is 3. The molecule has 3 aromatic rings. The van der Waals surface area contributed by atoms with Crippen molar-refractivity contribution >= 4 is 11.8 Å². The SMILES string of the molecule is O=C(O)Nc1cccc(Cc2nn(-c3cn[nH]c3)ccc2=O)c1. The highest BCUT2D eigenvalue weighted by Crippen LogP contribution is 2.13. The molecule has 0 aliphatic rings. The molecular formula is C15H13N5O3. The van der Waals surface area contributed by atoms with Crippen molar-refractivity contribution in [2.24, 2.45) is 0 Å². The Morgan fingerprint density at radius 1 is 1.35 bits per heavy atom. The van der Waals surface area contributed by atoms with Gasteiger partial charge >= 0.3 is 6.09 Å². The van der Waals surface area contributed by atoms with Crippen LogP contribution >= 0.6 is 0 Å². The van der Waals surface area contributed by atoms with Crippen LogP contribution < -0.4 is 10.7 Å². The Morgan fingerprint density at radius 2 is 2.22 bits per heavy atom. The molecule has 0 bridgehead atoms. The molecule has 0 fully saturated rings. The predicted octanol–water partition coefficient (Wildman–Crippen LogP) is 1.64. The van der Waals surface area contributed by atoms with Gasteiger partial charge in [-0.15, -0.1) is 0 Å². The summed E-state index contributed by atoms with van der Waals surface area (Å²) < 4.78 is 1.56. The van der Waals surface area contributed by atoms with Crippen LogP contribution in [0.5, 0.6) is 0 Å². The van der Waals surface area contributed by atoms with Gasteiger partial charge in [0.05, 0.1) is 6.20 Å². The van der Waals surface area contributed by atoms with Gasteiger partial charge in [0.2, 0.25) is 5.43 Å². The Kier molecular flexibility index (Phi) is 3.88. The van der Waals surface area contributed by atoms with E-state index in [0.29, 0.717) is 23.5 Å². The lowest BCUT2D eigenvalue weighted by atomic mass is 10.1. The van der Waals surface area contributed by atoms with Gasteiger partial charge in [-0.3, -0.25) is 15.2 Å². The highest BCUT2D eigenvalue weighted by atomic mass is 16.4. The van der Waals surface area contributed by atoms with Crippen LogP contribution in [-0.4, -0.2) is 31.2 Å². The van der Waals surface area contributed by atoms with E-state index >= 15 is 0 Å². The molecule has 0 aliphatic heterocycles. The number of amides is 1. The fourth-order valence-corrected chi connectivity index (χ4v) is 2.16. The third-order valence-corrected chi connectivity index (χ3v) is 3.18. The molecule has 2 aromatic heterocycles. The van der Waals surface area contributed by atoms with E-state index in [1.807, 2.05) is 6.07 Å². The molecule has 3 rings (SSSR count). The van der Waals surface area contributed by atoms with Gasteiger partial charge in [-0.25, -0.2) is 9.48 Å². The van der Waals surface area contributed by atoms with Gasteiger partial charge in [0, 0.05) is 30.6 Å². The summed E-state index contributed by atoms with van der Waals surface area (Å²) in [4.78, 5) is 22.7. The van der Waals surface area contributed by atoms with Crippen molar-refractivity contribution in [2.75, 3.05) is 5.32 Å². The number of aromatic nitrogens is 4. The van der Waals surface area contributed by atoms with Crippen LogP contribution in [0.4, 0.5) is 10.5 Å². The molecule has 0 saturated carbocycles. The monoisotopic (exact) mass is 311 g/mol. The van der Waals surface area contributed by atoms with E-state index in [-0.39, 0.29) is 5.43 Å². The Morgan fingerprint density at radius 3 is 2.96 bits per heavy atom. The molecule has 0 unspecified atom stereocenters. The van der Waals surface area contributed by atoms with Crippen LogP contribution in [-0.2, 0) is 6.42 Å². The molecule has 0 spiro atoms.